The van der Waals surface area contributed by atoms with Crippen molar-refractivity contribution < 1.29 is 31.8 Å². The van der Waals surface area contributed by atoms with Gasteiger partial charge in [-0.1, -0.05) is 0 Å². The number of halogens is 1. The zero-order valence-corrected chi connectivity index (χ0v) is 13.3. The van der Waals surface area contributed by atoms with E-state index in [0.29, 0.717) is 26.2 Å². The molecule has 1 rings (SSSR count). The predicted molar refractivity (Wildman–Crippen MR) is 74.1 cm³/mol. The van der Waals surface area contributed by atoms with Crippen LogP contribution in [-0.2, 0) is 23.3 Å². The Kier molecular flexibility index (Phi) is 7.16. The smallest absolute Gasteiger partial charge is 0.374 e. The second kappa shape index (κ2) is 8.38. The Morgan fingerprint density at radius 3 is 2.57 bits per heavy atom. The van der Waals surface area contributed by atoms with Gasteiger partial charge in [-0.05, 0) is 6.92 Å². The van der Waals surface area contributed by atoms with Gasteiger partial charge in [-0.15, -0.1) is 0 Å². The number of furan rings is 1. The minimum Gasteiger partial charge on any atom is -0.460 e. The van der Waals surface area contributed by atoms with Crippen LogP contribution in [0.4, 0.5) is 0 Å². The quantitative estimate of drug-likeness (QED) is 0.384. The lowest BCUT2D eigenvalue weighted by Gasteiger charge is -2.04. The molecule has 9 heteroatoms. The molecule has 1 aromatic rings. The second-order valence-corrected chi connectivity index (χ2v) is 6.60. The number of carbonyl (C=O) groups excluding carboxylic acids is 1. The first-order valence-corrected chi connectivity index (χ1v) is 8.46. The van der Waals surface area contributed by atoms with Crippen LogP contribution in [-0.4, -0.2) is 47.9 Å². The molecule has 0 saturated carbocycles. The molecule has 0 radical (unpaired) electrons. The van der Waals surface area contributed by atoms with Crippen LogP contribution in [0.25, 0.3) is 0 Å². The maximum Gasteiger partial charge on any atom is 0.374 e. The molecule has 21 heavy (non-hydrogen) atoms. The van der Waals surface area contributed by atoms with Crippen molar-refractivity contribution in [3.63, 3.8) is 0 Å². The Morgan fingerprint density at radius 1 is 1.29 bits per heavy atom. The van der Waals surface area contributed by atoms with Gasteiger partial charge in [0.05, 0.1) is 19.8 Å². The van der Waals surface area contributed by atoms with Crippen LogP contribution in [0.2, 0.25) is 0 Å². The first-order valence-electron chi connectivity index (χ1n) is 6.15. The van der Waals surface area contributed by atoms with Crippen LogP contribution in [0, 0.1) is 6.92 Å². The molecule has 0 amide bonds. The van der Waals surface area contributed by atoms with Gasteiger partial charge in [-0.2, -0.15) is 0 Å². The third kappa shape index (κ3) is 6.04. The molecule has 0 aliphatic rings. The highest BCUT2D eigenvalue weighted by Crippen LogP contribution is 2.23. The minimum atomic E-state index is -3.95. The van der Waals surface area contributed by atoms with E-state index >= 15 is 0 Å². The number of esters is 1. The van der Waals surface area contributed by atoms with E-state index in [0.717, 1.165) is 6.07 Å². The van der Waals surface area contributed by atoms with E-state index in [9.17, 15) is 13.2 Å². The Balaban J connectivity index is 2.40. The Labute approximate surface area is 127 Å². The van der Waals surface area contributed by atoms with Gasteiger partial charge in [0.15, 0.2) is 0 Å². The van der Waals surface area contributed by atoms with Gasteiger partial charge in [-0.3, -0.25) is 0 Å². The summed E-state index contributed by atoms with van der Waals surface area (Å²) < 4.78 is 42.4. The Bertz CT molecular complexity index is 564. The number of carbonyl (C=O) groups is 1. The van der Waals surface area contributed by atoms with Crippen molar-refractivity contribution in [1.82, 2.24) is 0 Å². The molecule has 1 aromatic heterocycles. The van der Waals surface area contributed by atoms with Crippen LogP contribution in [0.1, 0.15) is 22.7 Å². The average molecular weight is 341 g/mol. The van der Waals surface area contributed by atoms with Gasteiger partial charge in [0.25, 0.3) is 9.05 Å². The van der Waals surface area contributed by atoms with E-state index < -0.39 is 15.0 Å². The number of methoxy groups -OCH3 is 1. The summed E-state index contributed by atoms with van der Waals surface area (Å²) >= 11 is 0. The first-order chi connectivity index (χ1) is 9.86. The molecule has 0 aliphatic heterocycles. The summed E-state index contributed by atoms with van der Waals surface area (Å²) in [7, 11) is 2.83. The molecule has 0 bridgehead atoms. The van der Waals surface area contributed by atoms with Gasteiger partial charge >= 0.3 is 5.97 Å². The fourth-order valence-electron chi connectivity index (χ4n) is 1.45. The van der Waals surface area contributed by atoms with Gasteiger partial charge < -0.3 is 18.6 Å². The van der Waals surface area contributed by atoms with Crippen LogP contribution < -0.4 is 0 Å². The minimum absolute atomic E-state index is 0.0415. The third-order valence-corrected chi connectivity index (χ3v) is 3.86. The average Bonchev–Trinajstić information content (AvgIpc) is 2.79. The molecular weight excluding hydrogens is 324 g/mol. The van der Waals surface area contributed by atoms with E-state index in [1.165, 1.54) is 6.92 Å². The third-order valence-electron chi connectivity index (χ3n) is 2.43. The van der Waals surface area contributed by atoms with E-state index in [-0.39, 0.29) is 23.0 Å². The zero-order chi connectivity index (χ0) is 15.9. The van der Waals surface area contributed by atoms with E-state index in [1.807, 2.05) is 0 Å². The molecule has 0 spiro atoms. The predicted octanol–water partition coefficient (Wildman–Crippen LogP) is 1.73. The fraction of sp³-hybridized carbons (Fsp3) is 0.583. The van der Waals surface area contributed by atoms with Crippen LogP contribution in [0.15, 0.2) is 15.4 Å². The van der Waals surface area contributed by atoms with Gasteiger partial charge in [0.2, 0.25) is 5.76 Å². The second-order valence-electron chi connectivity index (χ2n) is 4.06. The van der Waals surface area contributed by atoms with Crippen LogP contribution in [0.5, 0.6) is 0 Å². The van der Waals surface area contributed by atoms with Gasteiger partial charge in [0.1, 0.15) is 10.7 Å². The summed E-state index contributed by atoms with van der Waals surface area (Å²) in [6.45, 7) is 2.93. The standard InChI is InChI=1S/C12H17ClO7S/c1-9-11(21(13,15)16)8-10(20-9)12(14)19-5-3-4-18-7-6-17-2/h8H,3-7H2,1-2H3. The maximum absolute atomic E-state index is 11.7. The molecular formula is C12H17ClO7S. The molecule has 1 heterocycles. The molecule has 0 aromatic carbocycles. The zero-order valence-electron chi connectivity index (χ0n) is 11.8. The van der Waals surface area contributed by atoms with Gasteiger partial charge in [0, 0.05) is 36.9 Å². The topological polar surface area (TPSA) is 92.0 Å². The van der Waals surface area contributed by atoms with Crippen molar-refractivity contribution in [3.05, 3.63) is 17.6 Å². The molecule has 0 atom stereocenters. The largest absolute Gasteiger partial charge is 0.460 e. The Hall–Kier alpha value is -1.09. The maximum atomic E-state index is 11.7. The summed E-state index contributed by atoms with van der Waals surface area (Å²) in [6.07, 6.45) is 0.510. The van der Waals surface area contributed by atoms with Crippen molar-refractivity contribution in [1.29, 1.82) is 0 Å². The monoisotopic (exact) mass is 340 g/mol. The van der Waals surface area contributed by atoms with Crippen molar-refractivity contribution in [2.75, 3.05) is 33.5 Å². The highest BCUT2D eigenvalue weighted by molar-refractivity contribution is 8.13. The summed E-state index contributed by atoms with van der Waals surface area (Å²) in [6, 6.07) is 1.05. The molecule has 7 nitrogen and oxygen atoms in total. The molecule has 120 valence electrons. The molecule has 0 aliphatic carbocycles. The van der Waals surface area contributed by atoms with Crippen LogP contribution >= 0.6 is 10.7 Å². The van der Waals surface area contributed by atoms with E-state index in [1.54, 1.807) is 7.11 Å². The highest BCUT2D eigenvalue weighted by Gasteiger charge is 2.22. The summed E-state index contributed by atoms with van der Waals surface area (Å²) in [5.41, 5.74) is 0. The summed E-state index contributed by atoms with van der Waals surface area (Å²) in [5.74, 6) is -0.909. The number of rotatable bonds is 9. The van der Waals surface area contributed by atoms with E-state index in [4.69, 9.17) is 29.3 Å². The van der Waals surface area contributed by atoms with Crippen molar-refractivity contribution in [2.45, 2.75) is 18.2 Å². The van der Waals surface area contributed by atoms with Crippen molar-refractivity contribution >= 4 is 25.7 Å². The summed E-state index contributed by atoms with van der Waals surface area (Å²) in [5, 5.41) is 0. The number of hydrogen-bond acceptors (Lipinski definition) is 7. The lowest BCUT2D eigenvalue weighted by atomic mass is 10.4. The normalized spacial score (nSPS) is 11.6. The number of ether oxygens (including phenoxy) is 3. The number of aryl methyl sites for hydroxylation is 1. The van der Waals surface area contributed by atoms with Crippen LogP contribution in [0.3, 0.4) is 0 Å². The number of hydrogen-bond donors (Lipinski definition) is 0. The lowest BCUT2D eigenvalue weighted by Crippen LogP contribution is -2.09. The SMILES string of the molecule is COCCOCCCOC(=O)c1cc(S(=O)(=O)Cl)c(C)o1. The molecule has 0 saturated heterocycles. The molecule has 0 unspecified atom stereocenters. The lowest BCUT2D eigenvalue weighted by molar-refractivity contribution is 0.0358. The van der Waals surface area contributed by atoms with Crippen molar-refractivity contribution in [3.8, 4) is 0 Å². The first kappa shape index (κ1) is 18.0. The van der Waals surface area contributed by atoms with Crippen molar-refractivity contribution in [2.24, 2.45) is 0 Å². The summed E-state index contributed by atoms with van der Waals surface area (Å²) in [4.78, 5) is 11.4. The molecule has 0 N–H and O–H groups in total. The highest BCUT2D eigenvalue weighted by atomic mass is 35.7. The van der Waals surface area contributed by atoms with E-state index in [2.05, 4.69) is 0 Å². The van der Waals surface area contributed by atoms with Gasteiger partial charge in [-0.25, -0.2) is 13.2 Å². The fourth-order valence-corrected chi connectivity index (χ4v) is 2.54. The Morgan fingerprint density at radius 2 is 2.00 bits per heavy atom. The molecule has 0 fully saturated rings.